The molecule has 272 valence electrons. The lowest BCUT2D eigenvalue weighted by Gasteiger charge is -2.36. The summed E-state index contributed by atoms with van der Waals surface area (Å²) in [6, 6.07) is 7.03. The Hall–Kier alpha value is -4.43. The van der Waals surface area contributed by atoms with Crippen LogP contribution in [0.1, 0.15) is 52.1 Å². The Labute approximate surface area is 302 Å². The summed E-state index contributed by atoms with van der Waals surface area (Å²) in [6.45, 7) is 11.4. The summed E-state index contributed by atoms with van der Waals surface area (Å²) in [5, 5.41) is 7.29. The average molecular weight is 739 g/mol. The number of aromatic nitrogens is 2. The molecule has 1 aromatic carbocycles. The third kappa shape index (κ3) is 7.48. The van der Waals surface area contributed by atoms with E-state index in [1.165, 1.54) is 24.3 Å². The lowest BCUT2D eigenvalue weighted by atomic mass is 9.85. The lowest BCUT2D eigenvalue weighted by molar-refractivity contribution is -0.141. The molecule has 0 bridgehead atoms. The van der Waals surface area contributed by atoms with Gasteiger partial charge < -0.3 is 25.0 Å². The smallest absolute Gasteiger partial charge is 0.259 e. The fraction of sp³-hybridized carbons (Fsp3) is 0.472. The first-order valence-electron chi connectivity index (χ1n) is 16.9. The van der Waals surface area contributed by atoms with Crippen LogP contribution in [0.25, 0.3) is 10.8 Å². The Morgan fingerprint density at radius 1 is 1.12 bits per heavy atom. The van der Waals surface area contributed by atoms with Gasteiger partial charge in [0.05, 0.1) is 37.0 Å². The van der Waals surface area contributed by atoms with Crippen molar-refractivity contribution in [2.75, 3.05) is 19.0 Å². The van der Waals surface area contributed by atoms with Gasteiger partial charge in [-0.2, -0.15) is 0 Å². The van der Waals surface area contributed by atoms with Gasteiger partial charge >= 0.3 is 0 Å². The van der Waals surface area contributed by atoms with E-state index in [2.05, 4.69) is 31.9 Å². The molecule has 6 rings (SSSR count). The van der Waals surface area contributed by atoms with Crippen LogP contribution < -0.4 is 24.8 Å². The summed E-state index contributed by atoms with van der Waals surface area (Å²) in [6.07, 6.45) is 5.19. The summed E-state index contributed by atoms with van der Waals surface area (Å²) in [5.74, 6) is -1.52. The predicted octanol–water partition coefficient (Wildman–Crippen LogP) is 4.14. The van der Waals surface area contributed by atoms with Gasteiger partial charge in [-0.1, -0.05) is 38.4 Å². The zero-order valence-corrected chi connectivity index (χ0v) is 30.8. The van der Waals surface area contributed by atoms with Crippen LogP contribution >= 0.6 is 11.6 Å². The molecule has 3 amide bonds. The van der Waals surface area contributed by atoms with Gasteiger partial charge in [-0.05, 0) is 61.9 Å². The summed E-state index contributed by atoms with van der Waals surface area (Å²) in [4.78, 5) is 52.7. The number of aryl methyl sites for hydroxylation is 1. The maximum absolute atomic E-state index is 14.6. The van der Waals surface area contributed by atoms with E-state index in [4.69, 9.17) is 21.1 Å². The van der Waals surface area contributed by atoms with Crippen molar-refractivity contribution in [1.82, 2.24) is 24.9 Å². The number of nitrogens with zero attached hydrogens (tertiary/aromatic N) is 3. The Morgan fingerprint density at radius 3 is 2.47 bits per heavy atom. The number of hydrogen-bond donors (Lipinski definition) is 3. The number of pyridine rings is 2. The molecule has 3 N–H and O–H groups in total. The first kappa shape index (κ1) is 36.4. The summed E-state index contributed by atoms with van der Waals surface area (Å²) >= 11 is 6.34. The molecule has 3 aromatic rings. The molecule has 2 saturated carbocycles. The first-order chi connectivity index (χ1) is 24.1. The molecule has 1 saturated heterocycles. The SMILES string of the molecule is C=C[C@@H]1C[C@]1(NC(=O)[C@@H]1C[C@@H](Oc2ncc(OC)c3ccc(Cl)cc23)CN1C(=O)[C@H](Nc1ccc(C)nc1)C(C)(C)C)C(=O)NS(=O)(=O)C1CC1. The van der Waals surface area contributed by atoms with Gasteiger partial charge in [0.25, 0.3) is 5.91 Å². The minimum Gasteiger partial charge on any atom is -0.494 e. The highest BCUT2D eigenvalue weighted by molar-refractivity contribution is 7.91. The van der Waals surface area contributed by atoms with Crippen LogP contribution in [0, 0.1) is 18.3 Å². The maximum atomic E-state index is 14.6. The highest BCUT2D eigenvalue weighted by Crippen LogP contribution is 2.46. The number of benzene rings is 1. The van der Waals surface area contributed by atoms with Gasteiger partial charge in [0.2, 0.25) is 27.7 Å². The number of carbonyl (C=O) groups is 3. The molecule has 0 spiro atoms. The van der Waals surface area contributed by atoms with Crippen molar-refractivity contribution in [3.63, 3.8) is 0 Å². The third-order valence-electron chi connectivity index (χ3n) is 9.71. The van der Waals surface area contributed by atoms with Gasteiger partial charge in [0.15, 0.2) is 0 Å². The van der Waals surface area contributed by atoms with Gasteiger partial charge in [-0.3, -0.25) is 24.1 Å². The number of likely N-dealkylation sites (tertiary alicyclic amines) is 1. The van der Waals surface area contributed by atoms with E-state index >= 15 is 0 Å². The Balaban J connectivity index is 1.32. The van der Waals surface area contributed by atoms with Crippen LogP contribution in [0.3, 0.4) is 0 Å². The second-order valence-electron chi connectivity index (χ2n) is 14.6. The Morgan fingerprint density at radius 2 is 1.86 bits per heavy atom. The van der Waals surface area contributed by atoms with Crippen molar-refractivity contribution in [1.29, 1.82) is 0 Å². The first-order valence-corrected chi connectivity index (χ1v) is 18.8. The van der Waals surface area contributed by atoms with Crippen LogP contribution in [0.15, 0.2) is 55.4 Å². The number of sulfonamides is 1. The fourth-order valence-corrected chi connectivity index (χ4v) is 8.04. The standard InChI is InChI=1S/C36H43ClN6O7S/c1-7-21-16-36(21,34(46)42-51(47,48)25-11-12-25)41-31(44)28-15-24(50-32-27-14-22(37)9-13-26(27)29(49-6)18-39-32)19-43(28)33(45)30(35(3,4)5)40-23-10-8-20(2)38-17-23/h7-10,13-14,17-18,21,24-25,28,30,40H,1,11-12,15-16,19H2,2-6H3,(H,41,44)(H,42,46)/t21-,24-,28+,30+,36-/m1/s1. The minimum atomic E-state index is -3.88. The molecule has 1 aliphatic heterocycles. The normalized spacial score (nSPS) is 23.6. The van der Waals surface area contributed by atoms with E-state index < -0.39 is 62.1 Å². The number of nitrogens with one attached hydrogen (secondary N) is 3. The lowest BCUT2D eigenvalue weighted by Crippen LogP contribution is -2.58. The topological polar surface area (TPSA) is 169 Å². The second-order valence-corrected chi connectivity index (χ2v) is 17.0. The molecular weight excluding hydrogens is 696 g/mol. The predicted molar refractivity (Wildman–Crippen MR) is 193 cm³/mol. The van der Waals surface area contributed by atoms with Crippen molar-refractivity contribution in [3.05, 3.63) is 66.1 Å². The fourth-order valence-electron chi connectivity index (χ4n) is 6.51. The maximum Gasteiger partial charge on any atom is 0.259 e. The molecule has 3 aliphatic rings. The van der Waals surface area contributed by atoms with E-state index in [-0.39, 0.29) is 31.2 Å². The summed E-state index contributed by atoms with van der Waals surface area (Å²) in [7, 11) is -2.34. The van der Waals surface area contributed by atoms with Crippen molar-refractivity contribution in [3.8, 4) is 11.6 Å². The van der Waals surface area contributed by atoms with Crippen molar-refractivity contribution >= 4 is 55.8 Å². The van der Waals surface area contributed by atoms with E-state index in [0.29, 0.717) is 40.1 Å². The van der Waals surface area contributed by atoms with Crippen LogP contribution in [-0.4, -0.2) is 83.6 Å². The van der Waals surface area contributed by atoms with Crippen LogP contribution in [0.4, 0.5) is 5.69 Å². The summed E-state index contributed by atoms with van der Waals surface area (Å²) in [5.41, 5.74) is -0.687. The monoisotopic (exact) mass is 738 g/mol. The van der Waals surface area contributed by atoms with Crippen LogP contribution in [-0.2, 0) is 24.4 Å². The van der Waals surface area contributed by atoms with Crippen molar-refractivity contribution < 1.29 is 32.3 Å². The van der Waals surface area contributed by atoms with Crippen LogP contribution in [0.5, 0.6) is 11.6 Å². The number of carbonyl (C=O) groups excluding carboxylic acids is 3. The molecule has 0 radical (unpaired) electrons. The number of methoxy groups -OCH3 is 1. The van der Waals surface area contributed by atoms with Gasteiger partial charge in [0, 0.05) is 33.8 Å². The van der Waals surface area contributed by atoms with Crippen LogP contribution in [0.2, 0.25) is 5.02 Å². The number of rotatable bonds is 12. The largest absolute Gasteiger partial charge is 0.494 e. The highest BCUT2D eigenvalue weighted by atomic mass is 35.5. The zero-order chi connectivity index (χ0) is 36.9. The number of ether oxygens (including phenoxy) is 2. The molecule has 51 heavy (non-hydrogen) atoms. The molecular formula is C36H43ClN6O7S. The minimum absolute atomic E-state index is 0.0211. The van der Waals surface area contributed by atoms with Crippen molar-refractivity contribution in [2.45, 2.75) is 82.4 Å². The molecule has 13 nitrogen and oxygen atoms in total. The number of hydrogen-bond acceptors (Lipinski definition) is 10. The number of amides is 3. The zero-order valence-electron chi connectivity index (χ0n) is 29.2. The Kier molecular flexibility index (Phi) is 9.70. The molecule has 2 aliphatic carbocycles. The van der Waals surface area contributed by atoms with E-state index in [0.717, 1.165) is 5.69 Å². The molecule has 3 fully saturated rings. The average Bonchev–Trinajstić information content (AvgIpc) is 4.00. The third-order valence-corrected chi connectivity index (χ3v) is 11.8. The molecule has 0 unspecified atom stereocenters. The molecule has 5 atom stereocenters. The van der Waals surface area contributed by atoms with E-state index in [1.807, 2.05) is 39.8 Å². The van der Waals surface area contributed by atoms with E-state index in [1.54, 1.807) is 24.4 Å². The number of fused-ring (bicyclic) bond motifs is 1. The van der Waals surface area contributed by atoms with Gasteiger partial charge in [-0.15, -0.1) is 6.58 Å². The Bertz CT molecular complexity index is 1980. The van der Waals surface area contributed by atoms with Gasteiger partial charge in [-0.25, -0.2) is 13.4 Å². The summed E-state index contributed by atoms with van der Waals surface area (Å²) < 4.78 is 39.5. The van der Waals surface area contributed by atoms with Crippen molar-refractivity contribution in [2.24, 2.45) is 11.3 Å². The number of anilines is 1. The molecule has 3 heterocycles. The number of halogens is 1. The molecule has 2 aromatic heterocycles. The van der Waals surface area contributed by atoms with Gasteiger partial charge in [0.1, 0.15) is 29.5 Å². The highest BCUT2D eigenvalue weighted by Gasteiger charge is 2.62. The quantitative estimate of drug-likeness (QED) is 0.230. The second kappa shape index (κ2) is 13.6. The molecule has 15 heteroatoms. The van der Waals surface area contributed by atoms with E-state index in [9.17, 15) is 22.8 Å².